The van der Waals surface area contributed by atoms with E-state index in [0.29, 0.717) is 17.9 Å². The minimum atomic E-state index is -0.138. The molecule has 1 atom stereocenters. The minimum Gasteiger partial charge on any atom is -0.488 e. The second kappa shape index (κ2) is 8.95. The van der Waals surface area contributed by atoms with E-state index >= 15 is 0 Å². The molecule has 3 heteroatoms. The van der Waals surface area contributed by atoms with Gasteiger partial charge in [-0.2, -0.15) is 0 Å². The molecule has 0 unspecified atom stereocenters. The Hall–Kier alpha value is -3.07. The van der Waals surface area contributed by atoms with Gasteiger partial charge >= 0.3 is 0 Å². The lowest BCUT2D eigenvalue weighted by atomic mass is 9.86. The van der Waals surface area contributed by atoms with Crippen molar-refractivity contribution in [1.29, 1.82) is 0 Å². The number of ether oxygens (including phenoxy) is 1. The van der Waals surface area contributed by atoms with Crippen molar-refractivity contribution < 1.29 is 9.53 Å². The first kappa shape index (κ1) is 20.7. The molecular formula is C26H29NO2. The maximum absolute atomic E-state index is 12.9. The third-order valence-corrected chi connectivity index (χ3v) is 4.99. The second-order valence-electron chi connectivity index (χ2n) is 8.34. The third kappa shape index (κ3) is 5.47. The number of carbonyl (C=O) groups is 1. The monoisotopic (exact) mass is 387 g/mol. The number of rotatable bonds is 6. The van der Waals surface area contributed by atoms with E-state index in [2.05, 4.69) is 50.4 Å². The average Bonchev–Trinajstić information content (AvgIpc) is 2.72. The van der Waals surface area contributed by atoms with Gasteiger partial charge < -0.3 is 10.1 Å². The second-order valence-corrected chi connectivity index (χ2v) is 8.34. The van der Waals surface area contributed by atoms with Gasteiger partial charge in [0, 0.05) is 0 Å². The Morgan fingerprint density at radius 3 is 2.17 bits per heavy atom. The van der Waals surface area contributed by atoms with E-state index < -0.39 is 0 Å². The zero-order valence-corrected chi connectivity index (χ0v) is 17.6. The molecule has 0 bridgehead atoms. The molecule has 0 fully saturated rings. The number of carbonyl (C=O) groups excluding carboxylic acids is 1. The van der Waals surface area contributed by atoms with E-state index in [1.165, 1.54) is 5.56 Å². The van der Waals surface area contributed by atoms with E-state index in [1.54, 1.807) is 6.07 Å². The minimum absolute atomic E-state index is 0.0984. The van der Waals surface area contributed by atoms with Gasteiger partial charge in [-0.3, -0.25) is 4.79 Å². The molecule has 0 aliphatic carbocycles. The maximum Gasteiger partial charge on any atom is 0.255 e. The van der Waals surface area contributed by atoms with Gasteiger partial charge in [0.15, 0.2) is 0 Å². The molecule has 0 saturated heterocycles. The van der Waals surface area contributed by atoms with Crippen LogP contribution in [0.2, 0.25) is 0 Å². The highest BCUT2D eigenvalue weighted by molar-refractivity contribution is 5.97. The summed E-state index contributed by atoms with van der Waals surface area (Å²) in [5, 5.41) is 3.09. The van der Waals surface area contributed by atoms with E-state index in [9.17, 15) is 4.79 Å². The van der Waals surface area contributed by atoms with E-state index in [-0.39, 0.29) is 17.4 Å². The van der Waals surface area contributed by atoms with Gasteiger partial charge in [-0.25, -0.2) is 0 Å². The molecule has 0 radical (unpaired) electrons. The van der Waals surface area contributed by atoms with Crippen molar-refractivity contribution in [2.24, 2.45) is 0 Å². The fourth-order valence-corrected chi connectivity index (χ4v) is 3.14. The number of para-hydroxylation sites is 1. The molecule has 0 spiro atoms. The fourth-order valence-electron chi connectivity index (χ4n) is 3.14. The van der Waals surface area contributed by atoms with E-state index in [1.807, 2.05) is 55.5 Å². The molecule has 29 heavy (non-hydrogen) atoms. The summed E-state index contributed by atoms with van der Waals surface area (Å²) in [5.41, 5.74) is 4.07. The summed E-state index contributed by atoms with van der Waals surface area (Å²) < 4.78 is 5.92. The molecule has 3 nitrogen and oxygen atoms in total. The summed E-state index contributed by atoms with van der Waals surface area (Å²) >= 11 is 0. The highest BCUT2D eigenvalue weighted by atomic mass is 16.5. The largest absolute Gasteiger partial charge is 0.488 e. The Morgan fingerprint density at radius 2 is 1.52 bits per heavy atom. The van der Waals surface area contributed by atoms with Crippen LogP contribution >= 0.6 is 0 Å². The Labute approximate surface area is 173 Å². The van der Waals surface area contributed by atoms with Crippen molar-refractivity contribution >= 4 is 5.91 Å². The van der Waals surface area contributed by atoms with Crippen LogP contribution in [0.4, 0.5) is 0 Å². The van der Waals surface area contributed by atoms with Gasteiger partial charge in [0.2, 0.25) is 0 Å². The lowest BCUT2D eigenvalue weighted by Gasteiger charge is -2.21. The number of hydrogen-bond acceptors (Lipinski definition) is 2. The zero-order chi connectivity index (χ0) is 20.9. The molecular weight excluding hydrogens is 358 g/mol. The normalized spacial score (nSPS) is 12.3. The van der Waals surface area contributed by atoms with Crippen LogP contribution in [0, 0.1) is 0 Å². The van der Waals surface area contributed by atoms with E-state index in [4.69, 9.17) is 4.74 Å². The van der Waals surface area contributed by atoms with Gasteiger partial charge in [0.25, 0.3) is 5.91 Å². The van der Waals surface area contributed by atoms with Crippen molar-refractivity contribution in [2.75, 3.05) is 0 Å². The summed E-state index contributed by atoms with van der Waals surface area (Å²) in [4.78, 5) is 12.9. The predicted octanol–water partition coefficient (Wildman–Crippen LogP) is 6.05. The number of benzene rings is 3. The van der Waals surface area contributed by atoms with Crippen molar-refractivity contribution in [3.8, 4) is 5.75 Å². The van der Waals surface area contributed by atoms with Crippen LogP contribution in [0.5, 0.6) is 5.75 Å². The van der Waals surface area contributed by atoms with Crippen molar-refractivity contribution in [3.05, 3.63) is 101 Å². The van der Waals surface area contributed by atoms with Crippen LogP contribution < -0.4 is 10.1 Å². The van der Waals surface area contributed by atoms with Crippen molar-refractivity contribution in [2.45, 2.75) is 45.8 Å². The number of nitrogens with one attached hydrogen (secondary N) is 1. The first-order valence-corrected chi connectivity index (χ1v) is 10.0. The Morgan fingerprint density at radius 1 is 0.897 bits per heavy atom. The Balaban J connectivity index is 1.69. The van der Waals surface area contributed by atoms with Crippen LogP contribution in [0.1, 0.15) is 60.8 Å². The Kier molecular flexibility index (Phi) is 6.38. The van der Waals surface area contributed by atoms with Gasteiger partial charge in [-0.15, -0.1) is 0 Å². The first-order valence-electron chi connectivity index (χ1n) is 10.0. The van der Waals surface area contributed by atoms with Gasteiger partial charge in [-0.1, -0.05) is 87.5 Å². The molecule has 150 valence electrons. The number of amides is 1. The Bertz CT molecular complexity index is 940. The van der Waals surface area contributed by atoms with Crippen LogP contribution in [0.25, 0.3) is 0 Å². The van der Waals surface area contributed by atoms with Gasteiger partial charge in [0.1, 0.15) is 12.4 Å². The van der Waals surface area contributed by atoms with E-state index in [0.717, 1.165) is 11.1 Å². The van der Waals surface area contributed by atoms with Gasteiger partial charge in [0.05, 0.1) is 11.6 Å². The van der Waals surface area contributed by atoms with Crippen LogP contribution in [-0.2, 0) is 12.0 Å². The summed E-state index contributed by atoms with van der Waals surface area (Å²) in [5.74, 6) is 0.449. The number of hydrogen-bond donors (Lipinski definition) is 1. The molecule has 3 aromatic rings. The molecule has 0 heterocycles. The zero-order valence-electron chi connectivity index (χ0n) is 17.6. The molecule has 0 aromatic heterocycles. The highest BCUT2D eigenvalue weighted by Crippen LogP contribution is 2.25. The molecule has 1 N–H and O–H groups in total. The summed E-state index contributed by atoms with van der Waals surface area (Å²) in [6, 6.07) is 25.6. The molecule has 1 amide bonds. The lowest BCUT2D eigenvalue weighted by molar-refractivity contribution is 0.0935. The molecule has 0 saturated carbocycles. The molecule has 3 aromatic carbocycles. The summed E-state index contributed by atoms with van der Waals surface area (Å²) in [7, 11) is 0. The van der Waals surface area contributed by atoms with Crippen molar-refractivity contribution in [3.63, 3.8) is 0 Å². The smallest absolute Gasteiger partial charge is 0.255 e. The van der Waals surface area contributed by atoms with Crippen LogP contribution in [-0.4, -0.2) is 5.91 Å². The predicted molar refractivity (Wildman–Crippen MR) is 118 cm³/mol. The third-order valence-electron chi connectivity index (χ3n) is 4.99. The van der Waals surface area contributed by atoms with Crippen molar-refractivity contribution in [1.82, 2.24) is 5.32 Å². The molecule has 0 aliphatic heterocycles. The van der Waals surface area contributed by atoms with Crippen LogP contribution in [0.3, 0.4) is 0 Å². The molecule has 0 aliphatic rings. The average molecular weight is 388 g/mol. The topological polar surface area (TPSA) is 38.3 Å². The van der Waals surface area contributed by atoms with Gasteiger partial charge in [-0.05, 0) is 41.2 Å². The standard InChI is InChI=1S/C26H29NO2/c1-19(21-14-16-22(17-15-21)26(2,3)4)27-25(28)23-12-8-9-13-24(23)29-18-20-10-6-5-7-11-20/h5-17,19H,18H2,1-4H3,(H,27,28)/t19-/m0/s1. The lowest BCUT2D eigenvalue weighted by Crippen LogP contribution is -2.27. The summed E-state index contributed by atoms with van der Waals surface area (Å²) in [6.07, 6.45) is 0. The first-order chi connectivity index (χ1) is 13.8. The van der Waals surface area contributed by atoms with Crippen LogP contribution in [0.15, 0.2) is 78.9 Å². The highest BCUT2D eigenvalue weighted by Gasteiger charge is 2.17. The maximum atomic E-state index is 12.9. The quantitative estimate of drug-likeness (QED) is 0.559. The SMILES string of the molecule is C[C@H](NC(=O)c1ccccc1OCc1ccccc1)c1ccc(C(C)(C)C)cc1. The summed E-state index contributed by atoms with van der Waals surface area (Å²) in [6.45, 7) is 9.01. The molecule has 3 rings (SSSR count). The fraction of sp³-hybridized carbons (Fsp3) is 0.269.